The summed E-state index contributed by atoms with van der Waals surface area (Å²) >= 11 is 11.8. The molecule has 6 N–H and O–H groups in total. The third-order valence-electron chi connectivity index (χ3n) is 3.72. The van der Waals surface area contributed by atoms with Crippen LogP contribution in [0.5, 0.6) is 0 Å². The molecule has 3 aromatic rings. The Balaban J connectivity index is 1.61. The Bertz CT molecular complexity index is 1020. The summed E-state index contributed by atoms with van der Waals surface area (Å²) in [5, 5.41) is 15.6. The second-order valence-corrected chi connectivity index (χ2v) is 6.59. The third kappa shape index (κ3) is 4.93. The molecule has 1 heterocycles. The molecule has 0 saturated heterocycles. The van der Waals surface area contributed by atoms with Crippen LogP contribution in [0.25, 0.3) is 0 Å². The number of carbonyl (C=O) groups is 2. The zero-order chi connectivity index (χ0) is 20.1. The zero-order valence-electron chi connectivity index (χ0n) is 14.4. The first-order valence-corrected chi connectivity index (χ1v) is 8.87. The van der Waals surface area contributed by atoms with Gasteiger partial charge < -0.3 is 21.7 Å². The third-order valence-corrected chi connectivity index (χ3v) is 4.46. The van der Waals surface area contributed by atoms with Crippen LogP contribution in [0.1, 0.15) is 16.1 Å². The summed E-state index contributed by atoms with van der Waals surface area (Å²) in [6, 6.07) is 11.6. The quantitative estimate of drug-likeness (QED) is 0.413. The molecule has 0 aliphatic heterocycles. The number of nitrogens with two attached hydrogens (primary N) is 1. The Morgan fingerprint density at radius 3 is 2.50 bits per heavy atom. The molecule has 0 fully saturated rings. The van der Waals surface area contributed by atoms with Gasteiger partial charge in [-0.3, -0.25) is 9.89 Å². The van der Waals surface area contributed by atoms with Gasteiger partial charge in [-0.25, -0.2) is 4.79 Å². The van der Waals surface area contributed by atoms with E-state index < -0.39 is 11.9 Å². The molecule has 10 heteroatoms. The maximum Gasteiger partial charge on any atom is 0.323 e. The maximum atomic E-state index is 12.2. The van der Waals surface area contributed by atoms with Crippen molar-refractivity contribution < 1.29 is 9.59 Å². The van der Waals surface area contributed by atoms with Crippen molar-refractivity contribution in [3.8, 4) is 0 Å². The predicted molar refractivity (Wildman–Crippen MR) is 110 cm³/mol. The van der Waals surface area contributed by atoms with Gasteiger partial charge in [0.15, 0.2) is 5.69 Å². The molecule has 0 spiro atoms. The highest BCUT2D eigenvalue weighted by molar-refractivity contribution is 6.42. The first-order chi connectivity index (χ1) is 13.4. The maximum absolute atomic E-state index is 12.2. The second kappa shape index (κ2) is 8.64. The highest BCUT2D eigenvalue weighted by atomic mass is 35.5. The fraction of sp³-hybridized carbons (Fsp3) is 0.0556. The molecule has 3 amide bonds. The van der Waals surface area contributed by atoms with Crippen molar-refractivity contribution in [2.24, 2.45) is 5.73 Å². The number of anilines is 3. The number of H-pyrrole nitrogens is 1. The second-order valence-electron chi connectivity index (χ2n) is 5.77. The number of aromatic nitrogens is 2. The number of aromatic amines is 1. The van der Waals surface area contributed by atoms with Gasteiger partial charge in [0.2, 0.25) is 0 Å². The van der Waals surface area contributed by atoms with Crippen LogP contribution < -0.4 is 21.7 Å². The Morgan fingerprint density at radius 2 is 1.79 bits per heavy atom. The van der Waals surface area contributed by atoms with Crippen molar-refractivity contribution in [1.82, 2.24) is 10.2 Å². The summed E-state index contributed by atoms with van der Waals surface area (Å²) in [5.41, 5.74) is 7.89. The van der Waals surface area contributed by atoms with E-state index in [1.807, 2.05) is 6.07 Å². The lowest BCUT2D eigenvalue weighted by atomic mass is 10.2. The fourth-order valence-corrected chi connectivity index (χ4v) is 2.73. The number of rotatable bonds is 6. The summed E-state index contributed by atoms with van der Waals surface area (Å²) in [5.74, 6) is -0.627. The van der Waals surface area contributed by atoms with Crippen molar-refractivity contribution >= 4 is 52.2 Å². The number of benzene rings is 2. The lowest BCUT2D eigenvalue weighted by molar-refractivity contribution is 0.0996. The van der Waals surface area contributed by atoms with Crippen LogP contribution in [0.3, 0.4) is 0 Å². The molecule has 0 radical (unpaired) electrons. The number of nitrogens with one attached hydrogen (secondary N) is 4. The van der Waals surface area contributed by atoms with Gasteiger partial charge in [-0.05, 0) is 35.9 Å². The Labute approximate surface area is 170 Å². The summed E-state index contributed by atoms with van der Waals surface area (Å²) < 4.78 is 0. The van der Waals surface area contributed by atoms with Crippen LogP contribution in [-0.2, 0) is 6.54 Å². The van der Waals surface area contributed by atoms with Gasteiger partial charge in [0.05, 0.1) is 15.7 Å². The van der Waals surface area contributed by atoms with E-state index in [0.717, 1.165) is 5.56 Å². The van der Waals surface area contributed by atoms with Crippen LogP contribution in [0.2, 0.25) is 10.0 Å². The first kappa shape index (κ1) is 19.5. The van der Waals surface area contributed by atoms with E-state index in [1.54, 1.807) is 42.6 Å². The van der Waals surface area contributed by atoms with E-state index in [0.29, 0.717) is 33.7 Å². The van der Waals surface area contributed by atoms with Gasteiger partial charge in [-0.2, -0.15) is 5.10 Å². The normalized spacial score (nSPS) is 10.4. The van der Waals surface area contributed by atoms with Gasteiger partial charge in [-0.1, -0.05) is 35.3 Å². The standard InChI is InChI=1S/C18H16Cl2N6O2/c19-13-5-4-12(7-14(13)20)25-18(28)24-11-3-1-2-10(6-11)8-22-15-9-23-26-16(15)17(21)27/h1-7,9,22H,8H2,(H2,21,27)(H,23,26)(H2,24,25,28). The molecule has 2 aromatic carbocycles. The lowest BCUT2D eigenvalue weighted by Crippen LogP contribution is -2.19. The molecule has 3 rings (SSSR count). The number of urea groups is 1. The fourth-order valence-electron chi connectivity index (χ4n) is 2.44. The van der Waals surface area contributed by atoms with Gasteiger partial charge >= 0.3 is 6.03 Å². The Kier molecular flexibility index (Phi) is 6.03. The number of amides is 3. The Hall–Kier alpha value is -3.23. The number of hydrogen-bond acceptors (Lipinski definition) is 4. The van der Waals surface area contributed by atoms with E-state index in [9.17, 15) is 9.59 Å². The molecule has 8 nitrogen and oxygen atoms in total. The molecule has 144 valence electrons. The van der Waals surface area contributed by atoms with E-state index >= 15 is 0 Å². The topological polar surface area (TPSA) is 125 Å². The van der Waals surface area contributed by atoms with Crippen molar-refractivity contribution in [2.75, 3.05) is 16.0 Å². The minimum atomic E-state index is -0.627. The molecule has 0 saturated carbocycles. The first-order valence-electron chi connectivity index (χ1n) is 8.12. The smallest absolute Gasteiger partial charge is 0.323 e. The molecule has 0 atom stereocenters. The minimum Gasteiger partial charge on any atom is -0.378 e. The van der Waals surface area contributed by atoms with E-state index in [-0.39, 0.29) is 5.69 Å². The molecule has 0 aliphatic carbocycles. The van der Waals surface area contributed by atoms with Gasteiger partial charge in [-0.15, -0.1) is 0 Å². The van der Waals surface area contributed by atoms with Crippen molar-refractivity contribution in [2.45, 2.75) is 6.54 Å². The van der Waals surface area contributed by atoms with Crippen molar-refractivity contribution in [3.05, 3.63) is 70.0 Å². The molecular formula is C18H16Cl2N6O2. The number of primary amides is 1. The summed E-state index contributed by atoms with van der Waals surface area (Å²) in [4.78, 5) is 23.5. The highest BCUT2D eigenvalue weighted by Crippen LogP contribution is 2.25. The summed E-state index contributed by atoms with van der Waals surface area (Å²) in [6.45, 7) is 0.406. The van der Waals surface area contributed by atoms with Crippen LogP contribution >= 0.6 is 23.2 Å². The monoisotopic (exact) mass is 418 g/mol. The largest absolute Gasteiger partial charge is 0.378 e. The summed E-state index contributed by atoms with van der Waals surface area (Å²) in [7, 11) is 0. The number of hydrogen-bond donors (Lipinski definition) is 5. The Morgan fingerprint density at radius 1 is 1.04 bits per heavy atom. The highest BCUT2D eigenvalue weighted by Gasteiger charge is 2.11. The molecule has 1 aromatic heterocycles. The number of nitrogens with zero attached hydrogens (tertiary/aromatic N) is 1. The van der Waals surface area contributed by atoms with E-state index in [1.165, 1.54) is 0 Å². The van der Waals surface area contributed by atoms with Gasteiger partial charge in [0.1, 0.15) is 0 Å². The van der Waals surface area contributed by atoms with Crippen LogP contribution in [-0.4, -0.2) is 22.1 Å². The predicted octanol–water partition coefficient (Wildman–Crippen LogP) is 4.07. The zero-order valence-corrected chi connectivity index (χ0v) is 15.9. The lowest BCUT2D eigenvalue weighted by Gasteiger charge is -2.10. The van der Waals surface area contributed by atoms with Crippen LogP contribution in [0, 0.1) is 0 Å². The molecule has 0 aliphatic rings. The van der Waals surface area contributed by atoms with E-state index in [4.69, 9.17) is 28.9 Å². The summed E-state index contributed by atoms with van der Waals surface area (Å²) in [6.07, 6.45) is 1.55. The minimum absolute atomic E-state index is 0.135. The van der Waals surface area contributed by atoms with Crippen molar-refractivity contribution in [3.63, 3.8) is 0 Å². The number of carbonyl (C=O) groups excluding carboxylic acids is 2. The molecule has 28 heavy (non-hydrogen) atoms. The van der Waals surface area contributed by atoms with Crippen molar-refractivity contribution in [1.29, 1.82) is 0 Å². The average molecular weight is 419 g/mol. The van der Waals surface area contributed by atoms with E-state index in [2.05, 4.69) is 26.1 Å². The average Bonchev–Trinajstić information content (AvgIpc) is 3.12. The molecular weight excluding hydrogens is 403 g/mol. The molecule has 0 bridgehead atoms. The van der Waals surface area contributed by atoms with Gasteiger partial charge in [0, 0.05) is 24.1 Å². The number of halogens is 2. The SMILES string of the molecule is NC(=O)c1n[nH]cc1NCc1cccc(NC(=O)Nc2ccc(Cl)c(Cl)c2)c1. The van der Waals surface area contributed by atoms with Crippen LogP contribution in [0.4, 0.5) is 21.9 Å². The molecule has 0 unspecified atom stereocenters. The van der Waals surface area contributed by atoms with Crippen LogP contribution in [0.15, 0.2) is 48.7 Å². The van der Waals surface area contributed by atoms with Gasteiger partial charge in [0.25, 0.3) is 5.91 Å².